The number of hydrogen-bond acceptors (Lipinski definition) is 0. The van der Waals surface area contributed by atoms with E-state index in [1.807, 2.05) is 0 Å². The van der Waals surface area contributed by atoms with E-state index in [1.54, 1.807) is 0 Å². The van der Waals surface area contributed by atoms with E-state index in [-0.39, 0.29) is 19.5 Å². The molecule has 3 heteroatoms. The summed E-state index contributed by atoms with van der Waals surface area (Å²) in [5, 5.41) is 8.39. The van der Waals surface area contributed by atoms with Crippen molar-refractivity contribution in [3.8, 4) is 0 Å². The molecule has 0 bridgehead atoms. The Labute approximate surface area is 267 Å². The van der Waals surface area contributed by atoms with Gasteiger partial charge in [-0.3, -0.25) is 0 Å². The molecule has 0 atom stereocenters. The Bertz CT molecular complexity index is 1220. The van der Waals surface area contributed by atoms with Gasteiger partial charge in [-0.1, -0.05) is 188 Å². The van der Waals surface area contributed by atoms with E-state index in [2.05, 4.69) is 195 Å². The molecule has 6 aromatic rings. The predicted octanol–water partition coefficient (Wildman–Crippen LogP) is 7.89. The topological polar surface area (TPSA) is 0 Å². The molecule has 6 aromatic carbocycles. The molecule has 0 amide bonds. The molecule has 0 fully saturated rings. The van der Waals surface area contributed by atoms with Gasteiger partial charge in [0.25, 0.3) is 0 Å². The molecule has 0 heterocycles. The maximum atomic E-state index is 3.25. The van der Waals surface area contributed by atoms with Crippen LogP contribution in [0.3, 0.4) is 0 Å². The SMILES string of the molecule is [CH2]C=C.[Rh].c1ccc(P(c2ccccc2)c2ccccc2)cc1.c1ccc(P(c2ccccc2)c2ccccc2)cc1. The zero-order chi connectivity index (χ0) is 28.5. The van der Waals surface area contributed by atoms with Crippen molar-refractivity contribution in [2.75, 3.05) is 0 Å². The zero-order valence-corrected chi connectivity index (χ0v) is 27.0. The van der Waals surface area contributed by atoms with Crippen molar-refractivity contribution in [1.29, 1.82) is 0 Å². The van der Waals surface area contributed by atoms with E-state index in [9.17, 15) is 0 Å². The molecular weight excluding hydrogens is 633 g/mol. The Balaban J connectivity index is 0.000000207. The summed E-state index contributed by atoms with van der Waals surface area (Å²) in [6, 6.07) is 64.7. The predicted molar refractivity (Wildman–Crippen MR) is 186 cm³/mol. The molecule has 0 N–H and O–H groups in total. The van der Waals surface area contributed by atoms with Crippen molar-refractivity contribution >= 4 is 47.7 Å². The maximum absolute atomic E-state index is 3.25. The smallest absolute Gasteiger partial charge is 0 e. The Hall–Kier alpha value is -3.46. The molecular formula is C39H35P2Rh. The van der Waals surface area contributed by atoms with Crippen molar-refractivity contribution in [3.63, 3.8) is 0 Å². The number of benzene rings is 6. The van der Waals surface area contributed by atoms with Gasteiger partial charge in [0.1, 0.15) is 0 Å². The van der Waals surface area contributed by atoms with Crippen LogP contribution in [0.25, 0.3) is 0 Å². The van der Waals surface area contributed by atoms with E-state index in [4.69, 9.17) is 0 Å². The fraction of sp³-hybridized carbons (Fsp3) is 0. The van der Waals surface area contributed by atoms with Crippen molar-refractivity contribution in [3.05, 3.63) is 202 Å². The summed E-state index contributed by atoms with van der Waals surface area (Å²) in [4.78, 5) is 0. The molecule has 0 saturated carbocycles. The first-order valence-corrected chi connectivity index (χ1v) is 16.3. The van der Waals surface area contributed by atoms with Crippen molar-refractivity contribution < 1.29 is 19.5 Å². The molecule has 6 rings (SSSR count). The first kappa shape index (κ1) is 33.1. The second-order valence-electron chi connectivity index (χ2n) is 8.97. The van der Waals surface area contributed by atoms with Crippen molar-refractivity contribution in [2.45, 2.75) is 0 Å². The second-order valence-corrected chi connectivity index (χ2v) is 13.4. The van der Waals surface area contributed by atoms with Crippen LogP contribution in [0, 0.1) is 6.92 Å². The summed E-state index contributed by atoms with van der Waals surface area (Å²) >= 11 is 0. The quantitative estimate of drug-likeness (QED) is 0.125. The van der Waals surface area contributed by atoms with E-state index in [1.165, 1.54) is 37.9 Å². The Morgan fingerprint density at radius 2 is 0.429 bits per heavy atom. The summed E-state index contributed by atoms with van der Waals surface area (Å²) in [6.07, 6.45) is 1.50. The van der Waals surface area contributed by atoms with Gasteiger partial charge < -0.3 is 0 Å². The molecule has 0 aliphatic heterocycles. The minimum Gasteiger partial charge on any atom is -0.103 e. The third kappa shape index (κ3) is 9.83. The molecule has 42 heavy (non-hydrogen) atoms. The Morgan fingerprint density at radius 1 is 0.310 bits per heavy atom. The molecule has 0 aliphatic carbocycles. The standard InChI is InChI=1S/2C18H15P.C3H5.Rh/c2*1-4-10-16(11-5-1)19(17-12-6-2-7-13-17)18-14-8-3-9-15-18;1-3-2;/h2*1-15H;3H,1-2H2;. The Kier molecular flexibility index (Phi) is 14.9. The van der Waals surface area contributed by atoms with Crippen molar-refractivity contribution in [2.24, 2.45) is 0 Å². The monoisotopic (exact) mass is 668 g/mol. The van der Waals surface area contributed by atoms with Crippen LogP contribution < -0.4 is 31.8 Å². The van der Waals surface area contributed by atoms with Gasteiger partial charge >= 0.3 is 0 Å². The van der Waals surface area contributed by atoms with Gasteiger partial charge in [-0.15, -0.1) is 6.58 Å². The first-order valence-electron chi connectivity index (χ1n) is 13.6. The van der Waals surface area contributed by atoms with Crippen LogP contribution in [0.5, 0.6) is 0 Å². The zero-order valence-electron chi connectivity index (χ0n) is 23.5. The molecule has 0 nitrogen and oxygen atoms in total. The second kappa shape index (κ2) is 18.9. The van der Waals surface area contributed by atoms with Crippen LogP contribution in [-0.4, -0.2) is 0 Å². The minimum absolute atomic E-state index is 0. The van der Waals surface area contributed by atoms with E-state index >= 15 is 0 Å². The van der Waals surface area contributed by atoms with Crippen LogP contribution >= 0.6 is 15.8 Å². The molecule has 2 radical (unpaired) electrons. The Morgan fingerprint density at radius 3 is 0.548 bits per heavy atom. The van der Waals surface area contributed by atoms with Gasteiger partial charge in [0.05, 0.1) is 0 Å². The summed E-state index contributed by atoms with van der Waals surface area (Å²) in [5.74, 6) is 0. The van der Waals surface area contributed by atoms with Crippen LogP contribution in [0.1, 0.15) is 0 Å². The largest absolute Gasteiger partial charge is 0.103 e. The average molecular weight is 669 g/mol. The summed E-state index contributed by atoms with van der Waals surface area (Å²) in [7, 11) is -0.892. The van der Waals surface area contributed by atoms with Gasteiger partial charge in [-0.25, -0.2) is 0 Å². The third-order valence-corrected chi connectivity index (χ3v) is 11.0. The normalized spacial score (nSPS) is 9.88. The van der Waals surface area contributed by atoms with Gasteiger partial charge in [0.15, 0.2) is 0 Å². The van der Waals surface area contributed by atoms with Crippen LogP contribution in [0.15, 0.2) is 195 Å². The average Bonchev–Trinajstić information content (AvgIpc) is 3.05. The number of rotatable bonds is 6. The molecule has 0 aliphatic rings. The molecule has 210 valence electrons. The van der Waals surface area contributed by atoms with Gasteiger partial charge in [0.2, 0.25) is 0 Å². The number of allylic oxidation sites excluding steroid dienone is 1. The van der Waals surface area contributed by atoms with Gasteiger partial charge in [0, 0.05) is 19.5 Å². The molecule has 0 unspecified atom stereocenters. The van der Waals surface area contributed by atoms with Gasteiger partial charge in [-0.05, 0) is 54.6 Å². The third-order valence-electron chi connectivity index (χ3n) is 6.09. The fourth-order valence-electron chi connectivity index (χ4n) is 4.36. The molecule has 0 spiro atoms. The molecule has 0 saturated heterocycles. The molecule has 0 aromatic heterocycles. The van der Waals surface area contributed by atoms with Crippen LogP contribution in [0.2, 0.25) is 0 Å². The van der Waals surface area contributed by atoms with Crippen LogP contribution in [-0.2, 0) is 19.5 Å². The van der Waals surface area contributed by atoms with Gasteiger partial charge in [-0.2, -0.15) is 0 Å². The number of hydrogen-bond donors (Lipinski definition) is 0. The van der Waals surface area contributed by atoms with E-state index < -0.39 is 15.8 Å². The fourth-order valence-corrected chi connectivity index (χ4v) is 8.97. The summed E-state index contributed by atoms with van der Waals surface area (Å²) < 4.78 is 0. The summed E-state index contributed by atoms with van der Waals surface area (Å²) in [5.41, 5.74) is 0. The van der Waals surface area contributed by atoms with E-state index in [0.29, 0.717) is 0 Å². The van der Waals surface area contributed by atoms with Crippen molar-refractivity contribution in [1.82, 2.24) is 0 Å². The summed E-state index contributed by atoms with van der Waals surface area (Å²) in [6.45, 7) is 6.50. The maximum Gasteiger partial charge on any atom is 0 e. The first-order chi connectivity index (χ1) is 20.3. The van der Waals surface area contributed by atoms with E-state index in [0.717, 1.165) is 0 Å². The minimum atomic E-state index is -0.446. The van der Waals surface area contributed by atoms with Crippen LogP contribution in [0.4, 0.5) is 0 Å².